The van der Waals surface area contributed by atoms with Crippen LogP contribution in [0.4, 0.5) is 17.1 Å². The standard InChI is InChI=1S/C23H28N4O4/c28-22-14-17(13-20(24-22)16-1-2-16)23(29)25-19-4-3-18(26-5-9-30-10-6-26)15-21(19)27-7-11-31-12-8-27/h3-4,13-16H,1-2,5-12H2,(H,24,28)(H,25,29). The third kappa shape index (κ3) is 4.60. The number of morpholine rings is 2. The summed E-state index contributed by atoms with van der Waals surface area (Å²) in [7, 11) is 0. The van der Waals surface area contributed by atoms with E-state index in [2.05, 4.69) is 26.2 Å². The zero-order valence-electron chi connectivity index (χ0n) is 17.6. The van der Waals surface area contributed by atoms with Crippen molar-refractivity contribution >= 4 is 23.0 Å². The van der Waals surface area contributed by atoms with Gasteiger partial charge in [-0.2, -0.15) is 0 Å². The summed E-state index contributed by atoms with van der Waals surface area (Å²) in [5, 5.41) is 3.05. The molecule has 0 unspecified atom stereocenters. The van der Waals surface area contributed by atoms with Gasteiger partial charge in [0.25, 0.3) is 5.91 Å². The molecular weight excluding hydrogens is 396 g/mol. The van der Waals surface area contributed by atoms with Crippen LogP contribution in [-0.4, -0.2) is 63.5 Å². The lowest BCUT2D eigenvalue weighted by molar-refractivity contribution is 0.102. The summed E-state index contributed by atoms with van der Waals surface area (Å²) in [4.78, 5) is 32.5. The summed E-state index contributed by atoms with van der Waals surface area (Å²) in [5.41, 5.74) is 3.87. The fourth-order valence-corrected chi connectivity index (χ4v) is 4.21. The number of aromatic amines is 1. The summed E-state index contributed by atoms with van der Waals surface area (Å²) in [5.74, 6) is 0.110. The maximum Gasteiger partial charge on any atom is 0.255 e. The van der Waals surface area contributed by atoms with Crippen molar-refractivity contribution < 1.29 is 14.3 Å². The SMILES string of the molecule is O=C(Nc1ccc(N2CCOCC2)cc1N1CCOCC1)c1cc(C2CC2)[nH]c(=O)c1. The molecule has 8 nitrogen and oxygen atoms in total. The fraction of sp³-hybridized carbons (Fsp3) is 0.478. The van der Waals surface area contributed by atoms with Crippen molar-refractivity contribution in [2.24, 2.45) is 0 Å². The van der Waals surface area contributed by atoms with Crippen LogP contribution in [0.3, 0.4) is 0 Å². The molecule has 1 aromatic heterocycles. The van der Waals surface area contributed by atoms with Gasteiger partial charge in [-0.15, -0.1) is 0 Å². The quantitative estimate of drug-likeness (QED) is 0.765. The van der Waals surface area contributed by atoms with Gasteiger partial charge in [-0.1, -0.05) is 0 Å². The molecule has 5 rings (SSSR count). The van der Waals surface area contributed by atoms with E-state index >= 15 is 0 Å². The van der Waals surface area contributed by atoms with Crippen LogP contribution >= 0.6 is 0 Å². The van der Waals surface area contributed by atoms with E-state index in [9.17, 15) is 9.59 Å². The molecule has 1 saturated carbocycles. The lowest BCUT2D eigenvalue weighted by Gasteiger charge is -2.33. The number of carbonyl (C=O) groups is 1. The number of carbonyl (C=O) groups excluding carboxylic acids is 1. The average Bonchev–Trinajstić information content (AvgIpc) is 3.66. The number of amides is 1. The van der Waals surface area contributed by atoms with Gasteiger partial charge in [0.15, 0.2) is 0 Å². The van der Waals surface area contributed by atoms with Crippen molar-refractivity contribution in [3.05, 3.63) is 51.9 Å². The molecule has 0 atom stereocenters. The predicted octanol–water partition coefficient (Wildman–Crippen LogP) is 2.18. The monoisotopic (exact) mass is 424 g/mol. The lowest BCUT2D eigenvalue weighted by Crippen LogP contribution is -2.38. The second kappa shape index (κ2) is 8.72. The van der Waals surface area contributed by atoms with Crippen molar-refractivity contribution in [1.29, 1.82) is 0 Å². The molecular formula is C23H28N4O4. The maximum atomic E-state index is 13.0. The van der Waals surface area contributed by atoms with Gasteiger partial charge in [-0.05, 0) is 43.0 Å². The minimum Gasteiger partial charge on any atom is -0.378 e. The molecule has 0 radical (unpaired) electrons. The number of aromatic nitrogens is 1. The van der Waals surface area contributed by atoms with Gasteiger partial charge >= 0.3 is 0 Å². The number of H-pyrrole nitrogens is 1. The van der Waals surface area contributed by atoms with Crippen LogP contribution < -0.4 is 20.7 Å². The molecule has 3 fully saturated rings. The molecule has 3 aliphatic rings. The summed E-state index contributed by atoms with van der Waals surface area (Å²) in [6.07, 6.45) is 2.12. The van der Waals surface area contributed by atoms with Crippen LogP contribution in [-0.2, 0) is 9.47 Å². The highest BCUT2D eigenvalue weighted by atomic mass is 16.5. The summed E-state index contributed by atoms with van der Waals surface area (Å²) >= 11 is 0. The average molecular weight is 425 g/mol. The van der Waals surface area contributed by atoms with Crippen LogP contribution in [0.1, 0.15) is 34.8 Å². The predicted molar refractivity (Wildman–Crippen MR) is 119 cm³/mol. The zero-order chi connectivity index (χ0) is 21.2. The summed E-state index contributed by atoms with van der Waals surface area (Å²) in [6.45, 7) is 6.00. The molecule has 0 bridgehead atoms. The Hall–Kier alpha value is -2.84. The van der Waals surface area contributed by atoms with Crippen molar-refractivity contribution in [3.8, 4) is 0 Å². The van der Waals surface area contributed by atoms with Gasteiger partial charge in [-0.3, -0.25) is 9.59 Å². The summed E-state index contributed by atoms with van der Waals surface area (Å²) in [6, 6.07) is 9.32. The smallest absolute Gasteiger partial charge is 0.255 e. The Bertz CT molecular complexity index is 1000. The number of benzene rings is 1. The molecule has 1 aliphatic carbocycles. The zero-order valence-corrected chi connectivity index (χ0v) is 17.6. The van der Waals surface area contributed by atoms with E-state index in [0.29, 0.717) is 24.7 Å². The first-order valence-corrected chi connectivity index (χ1v) is 11.0. The molecule has 1 aromatic carbocycles. The molecule has 2 N–H and O–H groups in total. The van der Waals surface area contributed by atoms with Crippen LogP contribution in [0.15, 0.2) is 35.1 Å². The third-order valence-electron chi connectivity index (χ3n) is 6.10. The number of anilines is 3. The Balaban J connectivity index is 1.43. The Morgan fingerprint density at radius 1 is 0.935 bits per heavy atom. The van der Waals surface area contributed by atoms with Gasteiger partial charge in [0.2, 0.25) is 5.56 Å². The first-order valence-electron chi connectivity index (χ1n) is 11.0. The first kappa shape index (κ1) is 20.1. The highest BCUT2D eigenvalue weighted by Crippen LogP contribution is 2.39. The number of nitrogens with one attached hydrogen (secondary N) is 2. The molecule has 1 amide bonds. The van der Waals surface area contributed by atoms with Gasteiger partial charge in [0, 0.05) is 49.2 Å². The molecule has 164 valence electrons. The molecule has 8 heteroatoms. The van der Waals surface area contributed by atoms with Crippen molar-refractivity contribution in [2.75, 3.05) is 67.7 Å². The molecule has 2 aromatic rings. The van der Waals surface area contributed by atoms with Crippen LogP contribution in [0.25, 0.3) is 0 Å². The van der Waals surface area contributed by atoms with E-state index in [1.807, 2.05) is 18.2 Å². The fourth-order valence-electron chi connectivity index (χ4n) is 4.21. The van der Waals surface area contributed by atoms with Gasteiger partial charge < -0.3 is 29.6 Å². The number of nitrogens with zero attached hydrogens (tertiary/aromatic N) is 2. The van der Waals surface area contributed by atoms with E-state index in [1.165, 1.54) is 6.07 Å². The van der Waals surface area contributed by atoms with E-state index < -0.39 is 0 Å². The van der Waals surface area contributed by atoms with Crippen LogP contribution in [0, 0.1) is 0 Å². The Morgan fingerprint density at radius 3 is 2.29 bits per heavy atom. The van der Waals surface area contributed by atoms with E-state index in [-0.39, 0.29) is 11.5 Å². The second-order valence-electron chi connectivity index (χ2n) is 8.32. The Kier molecular flexibility index (Phi) is 5.65. The molecule has 31 heavy (non-hydrogen) atoms. The number of hydrogen-bond acceptors (Lipinski definition) is 6. The summed E-state index contributed by atoms with van der Waals surface area (Å²) < 4.78 is 11.0. The maximum absolute atomic E-state index is 13.0. The van der Waals surface area contributed by atoms with Crippen LogP contribution in [0.5, 0.6) is 0 Å². The van der Waals surface area contributed by atoms with Crippen molar-refractivity contribution in [1.82, 2.24) is 4.98 Å². The first-order chi connectivity index (χ1) is 15.2. The van der Waals surface area contributed by atoms with Crippen molar-refractivity contribution in [2.45, 2.75) is 18.8 Å². The van der Waals surface area contributed by atoms with E-state index in [0.717, 1.165) is 75.0 Å². The highest BCUT2D eigenvalue weighted by molar-refractivity contribution is 6.06. The minimum absolute atomic E-state index is 0.231. The highest BCUT2D eigenvalue weighted by Gasteiger charge is 2.26. The van der Waals surface area contributed by atoms with Gasteiger partial charge in [0.1, 0.15) is 0 Å². The van der Waals surface area contributed by atoms with E-state index in [4.69, 9.17) is 9.47 Å². The lowest BCUT2D eigenvalue weighted by atomic mass is 10.1. The second-order valence-corrected chi connectivity index (χ2v) is 8.32. The van der Waals surface area contributed by atoms with Crippen molar-refractivity contribution in [3.63, 3.8) is 0 Å². The van der Waals surface area contributed by atoms with Gasteiger partial charge in [-0.25, -0.2) is 0 Å². The molecule has 0 spiro atoms. The van der Waals surface area contributed by atoms with Crippen LogP contribution in [0.2, 0.25) is 0 Å². The van der Waals surface area contributed by atoms with Gasteiger partial charge in [0.05, 0.1) is 37.8 Å². The Labute approximate surface area is 181 Å². The number of ether oxygens (including phenoxy) is 2. The third-order valence-corrected chi connectivity index (χ3v) is 6.10. The normalized spacial score (nSPS) is 19.4. The topological polar surface area (TPSA) is 86.9 Å². The van der Waals surface area contributed by atoms with E-state index in [1.54, 1.807) is 0 Å². The number of rotatable bonds is 5. The molecule has 2 aliphatic heterocycles. The minimum atomic E-state index is -0.262. The molecule has 2 saturated heterocycles. The number of hydrogen-bond donors (Lipinski definition) is 2. The number of pyridine rings is 1. The largest absolute Gasteiger partial charge is 0.378 e. The molecule has 3 heterocycles. The Morgan fingerprint density at radius 2 is 1.61 bits per heavy atom.